The molecule has 2 aromatic rings. The lowest BCUT2D eigenvalue weighted by atomic mass is 10.0. The number of ketones is 1. The number of aryl methyl sites for hydroxylation is 1. The minimum Gasteiger partial charge on any atom is -0.340 e. The number of aromatic nitrogens is 1. The molecular weight excluding hydrogens is 438 g/mol. The van der Waals surface area contributed by atoms with Gasteiger partial charge in [-0.3, -0.25) is 19.8 Å². The number of nitrogens with one attached hydrogen (secondary N) is 2. The Hall–Kier alpha value is -2.78. The molecule has 0 atom stereocenters. The number of carbonyl (C=O) groups excluding carboxylic acids is 3. The molecule has 1 aliphatic rings. The van der Waals surface area contributed by atoms with E-state index in [0.717, 1.165) is 62.4 Å². The quantitative estimate of drug-likeness (QED) is 0.414. The van der Waals surface area contributed by atoms with Gasteiger partial charge in [0.15, 0.2) is 10.9 Å². The number of Topliss-reactive ketones (excluding diaryl/α,β-unsaturated/α-hetero) is 1. The summed E-state index contributed by atoms with van der Waals surface area (Å²) in [6, 6.07) is 5.07. The zero-order valence-corrected chi connectivity index (χ0v) is 20.5. The molecule has 0 bridgehead atoms. The van der Waals surface area contributed by atoms with Gasteiger partial charge in [0, 0.05) is 62.7 Å². The normalized spacial score (nSPS) is 14.2. The number of anilines is 2. The van der Waals surface area contributed by atoms with Crippen LogP contribution in [0.4, 0.5) is 15.6 Å². The molecule has 0 unspecified atom stereocenters. The van der Waals surface area contributed by atoms with E-state index in [1.807, 2.05) is 24.0 Å². The van der Waals surface area contributed by atoms with E-state index in [9.17, 15) is 14.4 Å². The fourth-order valence-corrected chi connectivity index (χ4v) is 4.65. The van der Waals surface area contributed by atoms with Crippen molar-refractivity contribution in [3.63, 3.8) is 0 Å². The van der Waals surface area contributed by atoms with Crippen LogP contribution in [-0.4, -0.2) is 58.7 Å². The minimum atomic E-state index is -0.419. The fraction of sp³-hybridized carbons (Fsp3) is 0.500. The number of piperazine rings is 1. The highest BCUT2D eigenvalue weighted by Crippen LogP contribution is 2.23. The highest BCUT2D eigenvalue weighted by atomic mass is 32.1. The van der Waals surface area contributed by atoms with Crippen LogP contribution < -0.4 is 10.6 Å². The van der Waals surface area contributed by atoms with E-state index in [2.05, 4.69) is 27.4 Å². The molecule has 1 aromatic carbocycles. The third kappa shape index (κ3) is 7.36. The van der Waals surface area contributed by atoms with Gasteiger partial charge in [0.25, 0.3) is 0 Å². The predicted molar refractivity (Wildman–Crippen MR) is 132 cm³/mol. The molecule has 2 N–H and O–H groups in total. The second-order valence-corrected chi connectivity index (χ2v) is 9.54. The average Bonchev–Trinajstić information content (AvgIpc) is 3.21. The van der Waals surface area contributed by atoms with Gasteiger partial charge in [-0.15, -0.1) is 11.3 Å². The molecule has 178 valence electrons. The van der Waals surface area contributed by atoms with E-state index in [0.29, 0.717) is 22.8 Å². The maximum absolute atomic E-state index is 12.7. The van der Waals surface area contributed by atoms with Crippen molar-refractivity contribution in [2.75, 3.05) is 36.8 Å². The van der Waals surface area contributed by atoms with E-state index in [1.165, 1.54) is 11.3 Å². The van der Waals surface area contributed by atoms with Crippen molar-refractivity contribution in [2.24, 2.45) is 0 Å². The number of urea groups is 1. The van der Waals surface area contributed by atoms with Crippen molar-refractivity contribution in [3.05, 3.63) is 40.4 Å². The third-order valence-electron chi connectivity index (χ3n) is 5.70. The van der Waals surface area contributed by atoms with Crippen molar-refractivity contribution in [1.82, 2.24) is 14.8 Å². The molecule has 1 aromatic heterocycles. The van der Waals surface area contributed by atoms with Crippen LogP contribution in [-0.2, 0) is 11.3 Å². The van der Waals surface area contributed by atoms with E-state index in [1.54, 1.807) is 19.2 Å². The van der Waals surface area contributed by atoms with Crippen molar-refractivity contribution in [3.8, 4) is 0 Å². The molecule has 0 spiro atoms. The summed E-state index contributed by atoms with van der Waals surface area (Å²) in [5.74, 6) is 0.160. The fourth-order valence-electron chi connectivity index (χ4n) is 3.80. The van der Waals surface area contributed by atoms with Crippen molar-refractivity contribution in [2.45, 2.75) is 53.0 Å². The number of benzene rings is 1. The maximum atomic E-state index is 12.7. The van der Waals surface area contributed by atoms with Gasteiger partial charge < -0.3 is 10.2 Å². The molecule has 1 saturated heterocycles. The van der Waals surface area contributed by atoms with E-state index in [-0.39, 0.29) is 11.7 Å². The number of nitrogens with zero attached hydrogens (tertiary/aromatic N) is 3. The summed E-state index contributed by atoms with van der Waals surface area (Å²) in [5, 5.41) is 6.10. The van der Waals surface area contributed by atoms with Gasteiger partial charge in [-0.1, -0.05) is 31.4 Å². The molecule has 33 heavy (non-hydrogen) atoms. The molecule has 3 amide bonds. The van der Waals surface area contributed by atoms with Gasteiger partial charge in [-0.2, -0.15) is 0 Å². The molecule has 0 radical (unpaired) electrons. The minimum absolute atomic E-state index is 0.0452. The lowest BCUT2D eigenvalue weighted by molar-refractivity contribution is -0.130. The Balaban J connectivity index is 1.55. The number of carbonyl (C=O) groups is 3. The third-order valence-corrected chi connectivity index (χ3v) is 6.60. The summed E-state index contributed by atoms with van der Waals surface area (Å²) in [6.07, 6.45) is 5.16. The van der Waals surface area contributed by atoms with E-state index < -0.39 is 6.03 Å². The zero-order chi connectivity index (χ0) is 23.8. The summed E-state index contributed by atoms with van der Waals surface area (Å²) >= 11 is 1.43. The highest BCUT2D eigenvalue weighted by Gasteiger charge is 2.20. The predicted octanol–water partition coefficient (Wildman–Crippen LogP) is 4.52. The Morgan fingerprint density at radius 3 is 2.55 bits per heavy atom. The first-order chi connectivity index (χ1) is 15.9. The smallest absolute Gasteiger partial charge is 0.325 e. The highest BCUT2D eigenvalue weighted by molar-refractivity contribution is 7.15. The summed E-state index contributed by atoms with van der Waals surface area (Å²) in [4.78, 5) is 46.2. The van der Waals surface area contributed by atoms with E-state index in [4.69, 9.17) is 0 Å². The number of thiazole rings is 1. The van der Waals surface area contributed by atoms with Gasteiger partial charge in [-0.05, 0) is 25.5 Å². The number of unbranched alkanes of at least 4 members (excludes halogenated alkanes) is 2. The van der Waals surface area contributed by atoms with Crippen LogP contribution in [0.25, 0.3) is 0 Å². The number of amides is 3. The van der Waals surface area contributed by atoms with Crippen LogP contribution in [0.1, 0.15) is 60.3 Å². The Bertz CT molecular complexity index is 982. The molecule has 0 saturated carbocycles. The van der Waals surface area contributed by atoms with Gasteiger partial charge in [0.2, 0.25) is 5.91 Å². The van der Waals surface area contributed by atoms with Crippen LogP contribution in [0.15, 0.2) is 24.4 Å². The molecule has 9 heteroatoms. The zero-order valence-electron chi connectivity index (χ0n) is 19.6. The van der Waals surface area contributed by atoms with Crippen LogP contribution in [0.5, 0.6) is 0 Å². The van der Waals surface area contributed by atoms with Crippen molar-refractivity contribution in [1.29, 1.82) is 0 Å². The second kappa shape index (κ2) is 11.9. The molecule has 8 nitrogen and oxygen atoms in total. The topological polar surface area (TPSA) is 94.6 Å². The average molecular weight is 472 g/mol. The Morgan fingerprint density at radius 2 is 1.85 bits per heavy atom. The maximum Gasteiger partial charge on any atom is 0.325 e. The summed E-state index contributed by atoms with van der Waals surface area (Å²) < 4.78 is 0. The first-order valence-corrected chi connectivity index (χ1v) is 12.3. The molecule has 1 aliphatic heterocycles. The van der Waals surface area contributed by atoms with Gasteiger partial charge in [0.1, 0.15) is 0 Å². The van der Waals surface area contributed by atoms with Gasteiger partial charge >= 0.3 is 6.03 Å². The number of rotatable bonds is 9. The van der Waals surface area contributed by atoms with Crippen molar-refractivity contribution < 1.29 is 14.4 Å². The molecule has 0 aliphatic carbocycles. The molecule has 3 rings (SSSR count). The Labute approximate surface area is 199 Å². The lowest BCUT2D eigenvalue weighted by Gasteiger charge is -2.33. The molecular formula is C24H33N5O3S. The standard InChI is InChI=1S/C24H33N5O3S/c1-4-5-6-7-22(31)20-14-17(2)8-9-21(20)26-23(32)27-24-25-15-19(33-24)16-28-10-12-29(13-11-28)18(3)30/h8-9,14-15H,4-7,10-13,16H2,1-3H3,(H2,25,26,27,32). The van der Waals surface area contributed by atoms with Crippen LogP contribution in [0.2, 0.25) is 0 Å². The summed E-state index contributed by atoms with van der Waals surface area (Å²) in [5.41, 5.74) is 2.04. The Morgan fingerprint density at radius 1 is 1.09 bits per heavy atom. The lowest BCUT2D eigenvalue weighted by Crippen LogP contribution is -2.47. The number of hydrogen-bond donors (Lipinski definition) is 2. The van der Waals surface area contributed by atoms with E-state index >= 15 is 0 Å². The van der Waals surface area contributed by atoms with Crippen LogP contribution in [0.3, 0.4) is 0 Å². The molecule has 2 heterocycles. The SMILES string of the molecule is CCCCCC(=O)c1cc(C)ccc1NC(=O)Nc1ncc(CN2CCN(C(C)=O)CC2)s1. The summed E-state index contributed by atoms with van der Waals surface area (Å²) in [6.45, 7) is 9.49. The van der Waals surface area contributed by atoms with Crippen LogP contribution >= 0.6 is 11.3 Å². The number of hydrogen-bond acceptors (Lipinski definition) is 6. The van der Waals surface area contributed by atoms with Crippen molar-refractivity contribution >= 4 is 39.9 Å². The molecule has 1 fully saturated rings. The van der Waals surface area contributed by atoms with Crippen LogP contribution in [0, 0.1) is 6.92 Å². The Kier molecular flexibility index (Phi) is 8.96. The van der Waals surface area contributed by atoms with Gasteiger partial charge in [0.05, 0.1) is 5.69 Å². The first-order valence-electron chi connectivity index (χ1n) is 11.5. The monoisotopic (exact) mass is 471 g/mol. The van der Waals surface area contributed by atoms with Gasteiger partial charge in [-0.25, -0.2) is 9.78 Å². The largest absolute Gasteiger partial charge is 0.340 e. The summed E-state index contributed by atoms with van der Waals surface area (Å²) in [7, 11) is 0. The second-order valence-electron chi connectivity index (χ2n) is 8.42. The first kappa shape index (κ1) is 24.9.